The molecule has 88 valence electrons. The number of hydrogen-bond acceptors (Lipinski definition) is 2. The first-order valence-corrected chi connectivity index (χ1v) is 5.66. The standard InChI is InChI=1S/C13H19NO2/c1-4-11(13(15)16)14(5-2)12-9-7-6-8-10(12)3/h6-9,11H,4-5H2,1-3H3,(H,15,16)/t11-/m0/s1. The minimum Gasteiger partial charge on any atom is -0.480 e. The van der Waals surface area contributed by atoms with Crippen molar-refractivity contribution in [2.24, 2.45) is 0 Å². The molecule has 0 heterocycles. The highest BCUT2D eigenvalue weighted by atomic mass is 16.4. The Bertz CT molecular complexity index is 363. The minimum atomic E-state index is -0.757. The van der Waals surface area contributed by atoms with Crippen LogP contribution in [0.5, 0.6) is 0 Å². The van der Waals surface area contributed by atoms with E-state index in [4.69, 9.17) is 0 Å². The molecule has 0 aliphatic carbocycles. The Hall–Kier alpha value is -1.51. The Labute approximate surface area is 96.7 Å². The smallest absolute Gasteiger partial charge is 0.326 e. The van der Waals surface area contributed by atoms with E-state index in [9.17, 15) is 9.90 Å². The Morgan fingerprint density at radius 3 is 2.44 bits per heavy atom. The maximum Gasteiger partial charge on any atom is 0.326 e. The fourth-order valence-electron chi connectivity index (χ4n) is 1.97. The fourth-order valence-corrected chi connectivity index (χ4v) is 1.97. The molecule has 1 N–H and O–H groups in total. The summed E-state index contributed by atoms with van der Waals surface area (Å²) in [6, 6.07) is 7.46. The van der Waals surface area contributed by atoms with Crippen LogP contribution >= 0.6 is 0 Å². The highest BCUT2D eigenvalue weighted by Gasteiger charge is 2.23. The van der Waals surface area contributed by atoms with Crippen molar-refractivity contribution in [3.8, 4) is 0 Å². The minimum absolute atomic E-state index is 0.439. The largest absolute Gasteiger partial charge is 0.480 e. The van der Waals surface area contributed by atoms with Gasteiger partial charge in [0.2, 0.25) is 0 Å². The molecule has 0 amide bonds. The summed E-state index contributed by atoms with van der Waals surface area (Å²) >= 11 is 0. The van der Waals surface area contributed by atoms with Gasteiger partial charge in [0, 0.05) is 12.2 Å². The molecule has 1 aromatic rings. The number of likely N-dealkylation sites (N-methyl/N-ethyl adjacent to an activating group) is 1. The first-order chi connectivity index (χ1) is 7.61. The van der Waals surface area contributed by atoms with Crippen molar-refractivity contribution in [1.82, 2.24) is 0 Å². The van der Waals surface area contributed by atoms with Gasteiger partial charge in [0.05, 0.1) is 0 Å². The van der Waals surface area contributed by atoms with E-state index in [2.05, 4.69) is 0 Å². The second kappa shape index (κ2) is 5.54. The van der Waals surface area contributed by atoms with Crippen LogP contribution in [0.1, 0.15) is 25.8 Å². The van der Waals surface area contributed by atoms with Crippen molar-refractivity contribution in [3.05, 3.63) is 29.8 Å². The van der Waals surface area contributed by atoms with E-state index in [1.54, 1.807) is 0 Å². The summed E-state index contributed by atoms with van der Waals surface area (Å²) in [7, 11) is 0. The van der Waals surface area contributed by atoms with Gasteiger partial charge in [-0.3, -0.25) is 0 Å². The molecule has 0 aromatic heterocycles. The van der Waals surface area contributed by atoms with Crippen molar-refractivity contribution in [3.63, 3.8) is 0 Å². The van der Waals surface area contributed by atoms with Gasteiger partial charge in [0.15, 0.2) is 0 Å². The first-order valence-electron chi connectivity index (χ1n) is 5.66. The number of carbonyl (C=O) groups is 1. The second-order valence-electron chi connectivity index (χ2n) is 3.83. The van der Waals surface area contributed by atoms with E-state index < -0.39 is 12.0 Å². The lowest BCUT2D eigenvalue weighted by molar-refractivity contribution is -0.138. The van der Waals surface area contributed by atoms with Gasteiger partial charge < -0.3 is 10.0 Å². The number of carboxylic acid groups (broad SMARTS) is 1. The average molecular weight is 221 g/mol. The predicted molar refractivity (Wildman–Crippen MR) is 65.9 cm³/mol. The Kier molecular flexibility index (Phi) is 4.35. The Morgan fingerprint density at radius 2 is 2.00 bits per heavy atom. The summed E-state index contributed by atoms with van der Waals surface area (Å²) in [5.41, 5.74) is 2.13. The molecular weight excluding hydrogens is 202 g/mol. The van der Waals surface area contributed by atoms with E-state index >= 15 is 0 Å². The molecule has 16 heavy (non-hydrogen) atoms. The van der Waals surface area contributed by atoms with Gasteiger partial charge >= 0.3 is 5.97 Å². The molecule has 0 aliphatic heterocycles. The molecule has 0 saturated carbocycles. The summed E-state index contributed by atoms with van der Waals surface area (Å²) in [5, 5.41) is 9.19. The molecule has 0 saturated heterocycles. The molecule has 0 fully saturated rings. The molecule has 0 spiro atoms. The van der Waals surface area contributed by atoms with Gasteiger partial charge in [-0.05, 0) is 31.9 Å². The number of benzene rings is 1. The quantitative estimate of drug-likeness (QED) is 0.831. The SMILES string of the molecule is CC[C@@H](C(=O)O)N(CC)c1ccccc1C. The van der Waals surface area contributed by atoms with Crippen LogP contribution in [0.3, 0.4) is 0 Å². The van der Waals surface area contributed by atoms with E-state index in [1.165, 1.54) is 0 Å². The van der Waals surface area contributed by atoms with Crippen LogP contribution in [-0.2, 0) is 4.79 Å². The van der Waals surface area contributed by atoms with Crippen molar-refractivity contribution in [2.75, 3.05) is 11.4 Å². The first kappa shape index (κ1) is 12.6. The van der Waals surface area contributed by atoms with E-state index in [1.807, 2.05) is 49.9 Å². The van der Waals surface area contributed by atoms with Gasteiger partial charge in [-0.2, -0.15) is 0 Å². The topological polar surface area (TPSA) is 40.5 Å². The monoisotopic (exact) mass is 221 g/mol. The van der Waals surface area contributed by atoms with Crippen molar-refractivity contribution in [1.29, 1.82) is 0 Å². The highest BCUT2D eigenvalue weighted by molar-refractivity contribution is 5.78. The zero-order chi connectivity index (χ0) is 12.1. The maximum absolute atomic E-state index is 11.2. The van der Waals surface area contributed by atoms with Crippen LogP contribution in [0, 0.1) is 6.92 Å². The normalized spacial score (nSPS) is 12.2. The van der Waals surface area contributed by atoms with Crippen molar-refractivity contribution in [2.45, 2.75) is 33.2 Å². The number of hydrogen-bond donors (Lipinski definition) is 1. The number of rotatable bonds is 5. The Morgan fingerprint density at radius 1 is 1.38 bits per heavy atom. The average Bonchev–Trinajstić information content (AvgIpc) is 2.26. The number of aliphatic carboxylic acids is 1. The number of nitrogens with zero attached hydrogens (tertiary/aromatic N) is 1. The van der Waals surface area contributed by atoms with E-state index in [0.717, 1.165) is 11.3 Å². The van der Waals surface area contributed by atoms with Crippen LogP contribution < -0.4 is 4.90 Å². The molecule has 0 bridgehead atoms. The third-order valence-corrected chi connectivity index (χ3v) is 2.81. The lowest BCUT2D eigenvalue weighted by Gasteiger charge is -2.30. The van der Waals surface area contributed by atoms with Gasteiger partial charge in [0.1, 0.15) is 6.04 Å². The van der Waals surface area contributed by atoms with Crippen molar-refractivity contribution >= 4 is 11.7 Å². The fraction of sp³-hybridized carbons (Fsp3) is 0.462. The molecule has 1 aromatic carbocycles. The number of aryl methyl sites for hydroxylation is 1. The van der Waals surface area contributed by atoms with Crippen molar-refractivity contribution < 1.29 is 9.90 Å². The number of carboxylic acids is 1. The summed E-state index contributed by atoms with van der Waals surface area (Å²) in [6.45, 7) is 6.60. The third-order valence-electron chi connectivity index (χ3n) is 2.81. The molecule has 0 unspecified atom stereocenters. The van der Waals surface area contributed by atoms with Crippen LogP contribution in [-0.4, -0.2) is 23.7 Å². The maximum atomic E-state index is 11.2. The van der Waals surface area contributed by atoms with E-state index in [-0.39, 0.29) is 0 Å². The van der Waals surface area contributed by atoms with Crippen LogP contribution in [0.15, 0.2) is 24.3 Å². The number of anilines is 1. The lowest BCUT2D eigenvalue weighted by atomic mass is 10.1. The molecular formula is C13H19NO2. The zero-order valence-corrected chi connectivity index (χ0v) is 10.1. The molecule has 1 atom stereocenters. The second-order valence-corrected chi connectivity index (χ2v) is 3.83. The number of para-hydroxylation sites is 1. The molecule has 0 radical (unpaired) electrons. The van der Waals surface area contributed by atoms with Crippen LogP contribution in [0.2, 0.25) is 0 Å². The third kappa shape index (κ3) is 2.54. The summed E-state index contributed by atoms with van der Waals surface area (Å²) in [4.78, 5) is 13.1. The lowest BCUT2D eigenvalue weighted by Crippen LogP contribution is -2.41. The highest BCUT2D eigenvalue weighted by Crippen LogP contribution is 2.22. The van der Waals surface area contributed by atoms with Gasteiger partial charge in [-0.25, -0.2) is 4.79 Å². The molecule has 0 aliphatic rings. The molecule has 3 heteroatoms. The summed E-state index contributed by atoms with van der Waals surface area (Å²) in [6.07, 6.45) is 0.609. The van der Waals surface area contributed by atoms with Gasteiger partial charge in [-0.1, -0.05) is 25.1 Å². The van der Waals surface area contributed by atoms with Crippen LogP contribution in [0.4, 0.5) is 5.69 Å². The summed E-state index contributed by atoms with van der Waals surface area (Å²) in [5.74, 6) is -0.757. The zero-order valence-electron chi connectivity index (χ0n) is 10.1. The molecule has 3 nitrogen and oxygen atoms in total. The van der Waals surface area contributed by atoms with Gasteiger partial charge in [0.25, 0.3) is 0 Å². The van der Waals surface area contributed by atoms with Gasteiger partial charge in [-0.15, -0.1) is 0 Å². The van der Waals surface area contributed by atoms with E-state index in [0.29, 0.717) is 13.0 Å². The Balaban J connectivity index is 3.06. The van der Waals surface area contributed by atoms with Crippen LogP contribution in [0.25, 0.3) is 0 Å². The molecule has 1 rings (SSSR count). The summed E-state index contributed by atoms with van der Waals surface area (Å²) < 4.78 is 0. The predicted octanol–water partition coefficient (Wildman–Crippen LogP) is 2.68.